The van der Waals surface area contributed by atoms with E-state index in [1.54, 1.807) is 46.5 Å². The quantitative estimate of drug-likeness (QED) is 0.821. The molecule has 0 bridgehead atoms. The van der Waals surface area contributed by atoms with E-state index < -0.39 is 0 Å². The molecule has 2 rings (SSSR count). The van der Waals surface area contributed by atoms with Crippen molar-refractivity contribution < 1.29 is 19.0 Å². The average molecular weight is 327 g/mol. The molecule has 126 valence electrons. The molecule has 0 atom stereocenters. The van der Waals surface area contributed by atoms with Crippen LogP contribution in [0.15, 0.2) is 48.0 Å². The van der Waals surface area contributed by atoms with Gasteiger partial charge in [-0.2, -0.15) is 0 Å². The maximum atomic E-state index is 12.3. The summed E-state index contributed by atoms with van der Waals surface area (Å²) in [7, 11) is 4.75. The van der Waals surface area contributed by atoms with Crippen LogP contribution in [0.3, 0.4) is 0 Å². The van der Waals surface area contributed by atoms with Crippen LogP contribution in [0.1, 0.15) is 12.5 Å². The molecule has 0 unspecified atom stereocenters. The Morgan fingerprint density at radius 2 is 1.71 bits per heavy atom. The highest BCUT2D eigenvalue weighted by atomic mass is 16.5. The summed E-state index contributed by atoms with van der Waals surface area (Å²) in [4.78, 5) is 12.3. The zero-order valence-corrected chi connectivity index (χ0v) is 14.3. The smallest absolute Gasteiger partial charge is 0.251 e. The summed E-state index contributed by atoms with van der Waals surface area (Å²) >= 11 is 0. The van der Waals surface area contributed by atoms with Gasteiger partial charge in [0.15, 0.2) is 11.5 Å². The fourth-order valence-electron chi connectivity index (χ4n) is 2.19. The molecule has 0 saturated heterocycles. The predicted molar refractivity (Wildman–Crippen MR) is 94.8 cm³/mol. The van der Waals surface area contributed by atoms with Crippen molar-refractivity contribution in [1.82, 2.24) is 0 Å². The molecule has 0 saturated carbocycles. The van der Waals surface area contributed by atoms with Gasteiger partial charge in [0.1, 0.15) is 5.75 Å². The van der Waals surface area contributed by atoms with Gasteiger partial charge in [-0.3, -0.25) is 4.79 Å². The van der Waals surface area contributed by atoms with E-state index in [1.807, 2.05) is 30.3 Å². The van der Waals surface area contributed by atoms with Crippen LogP contribution >= 0.6 is 0 Å². The van der Waals surface area contributed by atoms with Crippen molar-refractivity contribution in [2.24, 2.45) is 0 Å². The molecule has 0 radical (unpaired) electrons. The summed E-state index contributed by atoms with van der Waals surface area (Å²) in [6, 6.07) is 12.7. The van der Waals surface area contributed by atoms with E-state index in [4.69, 9.17) is 14.2 Å². The summed E-state index contributed by atoms with van der Waals surface area (Å²) in [5, 5.41) is 2.84. The zero-order chi connectivity index (χ0) is 17.5. The molecule has 2 aromatic rings. The van der Waals surface area contributed by atoms with Gasteiger partial charge < -0.3 is 19.5 Å². The minimum Gasteiger partial charge on any atom is -0.497 e. The van der Waals surface area contributed by atoms with Crippen LogP contribution in [0.5, 0.6) is 17.2 Å². The fourth-order valence-corrected chi connectivity index (χ4v) is 2.19. The first-order chi connectivity index (χ1) is 11.6. The minimum atomic E-state index is -0.182. The molecule has 5 nitrogen and oxygen atoms in total. The lowest BCUT2D eigenvalue weighted by atomic mass is 10.1. The van der Waals surface area contributed by atoms with Gasteiger partial charge in [0.05, 0.1) is 21.3 Å². The number of anilines is 1. The molecule has 1 N–H and O–H groups in total. The molecule has 1 amide bonds. The van der Waals surface area contributed by atoms with Crippen LogP contribution in [-0.4, -0.2) is 27.2 Å². The van der Waals surface area contributed by atoms with E-state index in [-0.39, 0.29) is 5.91 Å². The number of amides is 1. The van der Waals surface area contributed by atoms with Gasteiger partial charge in [0, 0.05) is 17.3 Å². The Hall–Kier alpha value is -2.95. The highest BCUT2D eigenvalue weighted by molar-refractivity contribution is 6.06. The van der Waals surface area contributed by atoms with Crippen molar-refractivity contribution in [3.05, 3.63) is 53.6 Å². The van der Waals surface area contributed by atoms with Gasteiger partial charge in [-0.05, 0) is 42.8 Å². The average Bonchev–Trinajstić information content (AvgIpc) is 2.61. The van der Waals surface area contributed by atoms with Gasteiger partial charge in [-0.1, -0.05) is 12.1 Å². The van der Waals surface area contributed by atoms with E-state index in [9.17, 15) is 4.79 Å². The topological polar surface area (TPSA) is 56.8 Å². The third-order valence-electron chi connectivity index (χ3n) is 3.48. The summed E-state index contributed by atoms with van der Waals surface area (Å²) in [5.41, 5.74) is 2.11. The van der Waals surface area contributed by atoms with Gasteiger partial charge in [-0.15, -0.1) is 0 Å². The van der Waals surface area contributed by atoms with Crippen molar-refractivity contribution in [3.63, 3.8) is 0 Å². The van der Waals surface area contributed by atoms with E-state index in [0.717, 1.165) is 5.56 Å². The lowest BCUT2D eigenvalue weighted by Gasteiger charge is -2.09. The van der Waals surface area contributed by atoms with Crippen LogP contribution in [-0.2, 0) is 4.79 Å². The summed E-state index contributed by atoms with van der Waals surface area (Å²) < 4.78 is 15.6. The second-order valence-corrected chi connectivity index (χ2v) is 5.13. The number of benzene rings is 2. The van der Waals surface area contributed by atoms with Crippen LogP contribution in [0.2, 0.25) is 0 Å². The highest BCUT2D eigenvalue weighted by Gasteiger charge is 2.08. The van der Waals surface area contributed by atoms with Crippen LogP contribution in [0.4, 0.5) is 5.69 Å². The number of methoxy groups -OCH3 is 3. The molecule has 0 fully saturated rings. The minimum absolute atomic E-state index is 0.182. The first-order valence-electron chi connectivity index (χ1n) is 7.43. The first kappa shape index (κ1) is 17.4. The lowest BCUT2D eigenvalue weighted by molar-refractivity contribution is -0.112. The molecule has 0 aromatic heterocycles. The number of carbonyl (C=O) groups excluding carboxylic acids is 1. The van der Waals surface area contributed by atoms with Crippen LogP contribution < -0.4 is 19.5 Å². The van der Waals surface area contributed by atoms with Crippen LogP contribution in [0.25, 0.3) is 6.08 Å². The largest absolute Gasteiger partial charge is 0.497 e. The Bertz CT molecular complexity index is 753. The molecule has 0 aliphatic heterocycles. The van der Waals surface area contributed by atoms with E-state index in [0.29, 0.717) is 28.5 Å². The van der Waals surface area contributed by atoms with E-state index in [2.05, 4.69) is 5.32 Å². The second-order valence-electron chi connectivity index (χ2n) is 5.13. The normalized spacial score (nSPS) is 10.9. The predicted octanol–water partition coefficient (Wildman–Crippen LogP) is 3.75. The molecule has 0 spiro atoms. The number of nitrogens with one attached hydrogen (secondary N) is 1. The maximum absolute atomic E-state index is 12.3. The monoisotopic (exact) mass is 327 g/mol. The number of ether oxygens (including phenoxy) is 3. The number of hydrogen-bond acceptors (Lipinski definition) is 4. The second kappa shape index (κ2) is 8.06. The van der Waals surface area contributed by atoms with Crippen molar-refractivity contribution in [3.8, 4) is 17.2 Å². The van der Waals surface area contributed by atoms with Gasteiger partial charge in [-0.25, -0.2) is 0 Å². The van der Waals surface area contributed by atoms with Gasteiger partial charge >= 0.3 is 0 Å². The molecular weight excluding hydrogens is 306 g/mol. The number of carbonyl (C=O) groups is 1. The Balaban J connectivity index is 2.16. The Kier molecular flexibility index (Phi) is 5.84. The lowest BCUT2D eigenvalue weighted by Crippen LogP contribution is -2.12. The maximum Gasteiger partial charge on any atom is 0.251 e. The summed E-state index contributed by atoms with van der Waals surface area (Å²) in [6.07, 6.45) is 1.79. The molecule has 2 aromatic carbocycles. The van der Waals surface area contributed by atoms with Gasteiger partial charge in [0.25, 0.3) is 5.91 Å². The standard InChI is InChI=1S/C19H21NO4/c1-13(10-14-8-9-17(23-3)18(11-14)24-4)19(21)20-15-6-5-7-16(12-15)22-2/h5-12H,1-4H3,(H,20,21)/b13-10+. The van der Waals surface area contributed by atoms with Crippen molar-refractivity contribution in [2.75, 3.05) is 26.6 Å². The SMILES string of the molecule is COc1cccc(NC(=O)/C(C)=C/c2ccc(OC)c(OC)c2)c1. The Morgan fingerprint density at radius 1 is 0.958 bits per heavy atom. The number of rotatable bonds is 6. The summed E-state index contributed by atoms with van der Waals surface area (Å²) in [6.45, 7) is 1.76. The highest BCUT2D eigenvalue weighted by Crippen LogP contribution is 2.28. The third kappa shape index (κ3) is 4.29. The molecular formula is C19H21NO4. The van der Waals surface area contributed by atoms with E-state index in [1.165, 1.54) is 0 Å². The van der Waals surface area contributed by atoms with E-state index >= 15 is 0 Å². The molecule has 24 heavy (non-hydrogen) atoms. The molecule has 0 aliphatic rings. The zero-order valence-electron chi connectivity index (χ0n) is 14.3. The Morgan fingerprint density at radius 3 is 2.38 bits per heavy atom. The molecule has 0 aliphatic carbocycles. The fraction of sp³-hybridized carbons (Fsp3) is 0.211. The first-order valence-corrected chi connectivity index (χ1v) is 7.43. The van der Waals surface area contributed by atoms with Crippen molar-refractivity contribution in [2.45, 2.75) is 6.92 Å². The molecule has 5 heteroatoms. The van der Waals surface area contributed by atoms with Gasteiger partial charge in [0.2, 0.25) is 0 Å². The Labute approximate surface area is 141 Å². The third-order valence-corrected chi connectivity index (χ3v) is 3.48. The summed E-state index contributed by atoms with van der Waals surface area (Å²) in [5.74, 6) is 1.77. The van der Waals surface area contributed by atoms with Crippen LogP contribution in [0, 0.1) is 0 Å². The van der Waals surface area contributed by atoms with Crippen molar-refractivity contribution >= 4 is 17.7 Å². The molecule has 0 heterocycles. The number of hydrogen-bond donors (Lipinski definition) is 1. The van der Waals surface area contributed by atoms with Crippen molar-refractivity contribution in [1.29, 1.82) is 0 Å².